The molecule has 0 unspecified atom stereocenters. The van der Waals surface area contributed by atoms with E-state index in [0.717, 1.165) is 5.39 Å². The van der Waals surface area contributed by atoms with Crippen LogP contribution < -0.4 is 0 Å². The number of halogens is 2. The third-order valence-electron chi connectivity index (χ3n) is 3.02. The minimum Gasteiger partial charge on any atom is -0.207 e. The van der Waals surface area contributed by atoms with E-state index in [1.165, 1.54) is 12.1 Å². The van der Waals surface area contributed by atoms with Crippen LogP contribution in [0.25, 0.3) is 21.9 Å². The summed E-state index contributed by atoms with van der Waals surface area (Å²) in [4.78, 5) is 0. The molecule has 0 N–H and O–H groups in total. The fraction of sp³-hybridized carbons (Fsp3) is 0. The van der Waals surface area contributed by atoms with Crippen LogP contribution in [0.5, 0.6) is 0 Å². The van der Waals surface area contributed by atoms with Gasteiger partial charge in [-0.05, 0) is 23.1 Å². The molecular weight excluding hydrogens is 230 g/mol. The average Bonchev–Trinajstić information content (AvgIpc) is 2.41. The SMILES string of the molecule is Fc1ccc(-c2ccc3ccccc3c2F)cc1. The first-order valence-corrected chi connectivity index (χ1v) is 5.69. The van der Waals surface area contributed by atoms with Crippen LogP contribution in [0.2, 0.25) is 0 Å². The predicted octanol–water partition coefficient (Wildman–Crippen LogP) is 4.79. The Bertz CT molecular complexity index is 700. The van der Waals surface area contributed by atoms with E-state index >= 15 is 0 Å². The van der Waals surface area contributed by atoms with Crippen molar-refractivity contribution in [3.63, 3.8) is 0 Å². The van der Waals surface area contributed by atoms with Crippen molar-refractivity contribution in [2.24, 2.45) is 0 Å². The van der Waals surface area contributed by atoms with E-state index in [4.69, 9.17) is 0 Å². The molecule has 0 aliphatic rings. The fourth-order valence-electron chi connectivity index (χ4n) is 2.09. The quantitative estimate of drug-likeness (QED) is 0.574. The molecule has 3 aromatic carbocycles. The zero-order valence-corrected chi connectivity index (χ0v) is 9.53. The zero-order chi connectivity index (χ0) is 12.5. The second-order valence-corrected chi connectivity index (χ2v) is 4.16. The van der Waals surface area contributed by atoms with Gasteiger partial charge in [0, 0.05) is 10.9 Å². The van der Waals surface area contributed by atoms with Gasteiger partial charge in [-0.1, -0.05) is 48.5 Å². The van der Waals surface area contributed by atoms with E-state index in [0.29, 0.717) is 16.5 Å². The van der Waals surface area contributed by atoms with Gasteiger partial charge >= 0.3 is 0 Å². The van der Waals surface area contributed by atoms with E-state index in [9.17, 15) is 8.78 Å². The molecule has 3 aromatic rings. The maximum Gasteiger partial charge on any atom is 0.138 e. The number of hydrogen-bond acceptors (Lipinski definition) is 0. The third-order valence-corrected chi connectivity index (χ3v) is 3.02. The maximum absolute atomic E-state index is 14.4. The maximum atomic E-state index is 14.4. The summed E-state index contributed by atoms with van der Waals surface area (Å²) in [7, 11) is 0. The van der Waals surface area contributed by atoms with Gasteiger partial charge < -0.3 is 0 Å². The first-order valence-electron chi connectivity index (χ1n) is 5.69. The van der Waals surface area contributed by atoms with Gasteiger partial charge in [0.05, 0.1) is 0 Å². The molecule has 0 bridgehead atoms. The first kappa shape index (κ1) is 10.9. The smallest absolute Gasteiger partial charge is 0.138 e. The van der Waals surface area contributed by atoms with Crippen molar-refractivity contribution in [2.45, 2.75) is 0 Å². The molecule has 0 saturated heterocycles. The Labute approximate surface area is 104 Å². The molecule has 2 heteroatoms. The van der Waals surface area contributed by atoms with Crippen molar-refractivity contribution in [1.29, 1.82) is 0 Å². The Kier molecular flexibility index (Phi) is 2.56. The summed E-state index contributed by atoms with van der Waals surface area (Å²) in [6, 6.07) is 16.7. The Morgan fingerprint density at radius 1 is 0.667 bits per heavy atom. The molecule has 0 fully saturated rings. The molecule has 0 radical (unpaired) electrons. The van der Waals surface area contributed by atoms with Crippen molar-refractivity contribution < 1.29 is 8.78 Å². The molecule has 18 heavy (non-hydrogen) atoms. The largest absolute Gasteiger partial charge is 0.207 e. The van der Waals surface area contributed by atoms with Crippen LogP contribution in [0.4, 0.5) is 8.78 Å². The number of rotatable bonds is 1. The van der Waals surface area contributed by atoms with Crippen LogP contribution in [-0.4, -0.2) is 0 Å². The number of benzene rings is 3. The second-order valence-electron chi connectivity index (χ2n) is 4.16. The number of fused-ring (bicyclic) bond motifs is 1. The van der Waals surface area contributed by atoms with Gasteiger partial charge in [0.15, 0.2) is 0 Å². The van der Waals surface area contributed by atoms with E-state index in [1.54, 1.807) is 30.3 Å². The van der Waals surface area contributed by atoms with Crippen LogP contribution in [-0.2, 0) is 0 Å². The van der Waals surface area contributed by atoms with E-state index in [1.807, 2.05) is 18.2 Å². The minimum absolute atomic E-state index is 0.264. The lowest BCUT2D eigenvalue weighted by molar-refractivity contribution is 0.627. The Morgan fingerprint density at radius 3 is 2.17 bits per heavy atom. The highest BCUT2D eigenvalue weighted by molar-refractivity contribution is 5.88. The lowest BCUT2D eigenvalue weighted by atomic mass is 10.0. The normalized spacial score (nSPS) is 10.8. The summed E-state index contributed by atoms with van der Waals surface area (Å²) in [5, 5.41) is 1.44. The van der Waals surface area contributed by atoms with Gasteiger partial charge in [-0.25, -0.2) is 8.78 Å². The van der Waals surface area contributed by atoms with Crippen molar-refractivity contribution >= 4 is 10.8 Å². The van der Waals surface area contributed by atoms with Crippen LogP contribution in [0, 0.1) is 11.6 Å². The van der Waals surface area contributed by atoms with Crippen molar-refractivity contribution in [3.8, 4) is 11.1 Å². The van der Waals surface area contributed by atoms with E-state index in [2.05, 4.69) is 0 Å². The molecule has 0 amide bonds. The molecule has 0 atom stereocenters. The first-order chi connectivity index (χ1) is 8.75. The molecular formula is C16H10F2. The highest BCUT2D eigenvalue weighted by atomic mass is 19.1. The van der Waals surface area contributed by atoms with E-state index < -0.39 is 0 Å². The van der Waals surface area contributed by atoms with Gasteiger partial charge in [-0.3, -0.25) is 0 Å². The summed E-state index contributed by atoms with van der Waals surface area (Å²) in [6.07, 6.45) is 0. The molecule has 0 nitrogen and oxygen atoms in total. The summed E-state index contributed by atoms with van der Waals surface area (Å²) < 4.78 is 27.2. The molecule has 3 rings (SSSR count). The van der Waals surface area contributed by atoms with Crippen LogP contribution >= 0.6 is 0 Å². The molecule has 0 heterocycles. The highest BCUT2D eigenvalue weighted by Crippen LogP contribution is 2.28. The lowest BCUT2D eigenvalue weighted by Crippen LogP contribution is -1.87. The summed E-state index contributed by atoms with van der Waals surface area (Å²) in [5.74, 6) is -0.584. The molecule has 0 aliphatic heterocycles. The standard InChI is InChI=1S/C16H10F2/c17-13-8-5-12(6-9-13)15-10-7-11-3-1-2-4-14(11)16(15)18/h1-10H. The predicted molar refractivity (Wildman–Crippen MR) is 69.3 cm³/mol. The van der Waals surface area contributed by atoms with Crippen molar-refractivity contribution in [2.75, 3.05) is 0 Å². The van der Waals surface area contributed by atoms with E-state index in [-0.39, 0.29) is 11.6 Å². The number of hydrogen-bond donors (Lipinski definition) is 0. The van der Waals surface area contributed by atoms with Gasteiger partial charge in [0.1, 0.15) is 11.6 Å². The zero-order valence-electron chi connectivity index (χ0n) is 9.53. The van der Waals surface area contributed by atoms with Gasteiger partial charge in [-0.15, -0.1) is 0 Å². The molecule has 0 saturated carbocycles. The van der Waals surface area contributed by atoms with Gasteiger partial charge in [0.2, 0.25) is 0 Å². The highest BCUT2D eigenvalue weighted by Gasteiger charge is 2.08. The minimum atomic E-state index is -0.319. The topological polar surface area (TPSA) is 0 Å². The summed E-state index contributed by atoms with van der Waals surface area (Å²) >= 11 is 0. The summed E-state index contributed by atoms with van der Waals surface area (Å²) in [6.45, 7) is 0. The fourth-order valence-corrected chi connectivity index (χ4v) is 2.09. The molecule has 88 valence electrons. The van der Waals surface area contributed by atoms with Crippen molar-refractivity contribution in [1.82, 2.24) is 0 Å². The van der Waals surface area contributed by atoms with Crippen LogP contribution in [0.15, 0.2) is 60.7 Å². The Balaban J connectivity index is 2.24. The Hall–Kier alpha value is -2.22. The monoisotopic (exact) mass is 240 g/mol. The van der Waals surface area contributed by atoms with Crippen molar-refractivity contribution in [3.05, 3.63) is 72.3 Å². The Morgan fingerprint density at radius 2 is 1.39 bits per heavy atom. The average molecular weight is 240 g/mol. The molecule has 0 spiro atoms. The van der Waals surface area contributed by atoms with Gasteiger partial charge in [-0.2, -0.15) is 0 Å². The third kappa shape index (κ3) is 1.76. The second kappa shape index (κ2) is 4.22. The molecule has 0 aliphatic carbocycles. The van der Waals surface area contributed by atoms with Crippen LogP contribution in [0.1, 0.15) is 0 Å². The summed E-state index contributed by atoms with van der Waals surface area (Å²) in [5.41, 5.74) is 1.17. The molecule has 0 aromatic heterocycles. The lowest BCUT2D eigenvalue weighted by Gasteiger charge is -2.06. The van der Waals surface area contributed by atoms with Gasteiger partial charge in [0.25, 0.3) is 0 Å². The van der Waals surface area contributed by atoms with Crippen LogP contribution in [0.3, 0.4) is 0 Å².